The van der Waals surface area contributed by atoms with E-state index in [0.717, 1.165) is 0 Å². The Morgan fingerprint density at radius 2 is 1.68 bits per heavy atom. The van der Waals surface area contributed by atoms with E-state index in [1.807, 2.05) is 0 Å². The zero-order valence-electron chi connectivity index (χ0n) is 21.5. The maximum Gasteiger partial charge on any atom is 0.338 e. The number of carbonyl (C=O) groups is 1. The lowest BCUT2D eigenvalue weighted by Crippen LogP contribution is -2.40. The number of benzene rings is 2. The molecule has 0 saturated heterocycles. The first-order chi connectivity index (χ1) is 17.9. The molecule has 1 aliphatic rings. The van der Waals surface area contributed by atoms with Crippen molar-refractivity contribution >= 4 is 23.4 Å². The van der Waals surface area contributed by atoms with Gasteiger partial charge in [-0.25, -0.2) is 9.79 Å². The summed E-state index contributed by atoms with van der Waals surface area (Å²) in [5.74, 6) is 1.71. The number of fused-ring (bicyclic) bond motifs is 1. The van der Waals surface area contributed by atoms with Gasteiger partial charge in [0.1, 0.15) is 29.0 Å². The first kappa shape index (κ1) is 26.0. The number of thiazole rings is 1. The summed E-state index contributed by atoms with van der Waals surface area (Å²) in [5, 5.41) is 0. The van der Waals surface area contributed by atoms with Crippen LogP contribution in [-0.4, -0.2) is 45.6 Å². The standard InChI is InChI=1S/C27H28N2O7S/c1-7-36-26(31)23-15(2)28-27-29(24(23)19-10-8-18(33-4)14-21(19)35-6)25(30)22(37-27)13-16-12-17(32-3)9-11-20(16)34-5/h8-14,24H,7H2,1-6H3/b22-13-. The summed E-state index contributed by atoms with van der Waals surface area (Å²) in [6.07, 6.45) is 1.73. The van der Waals surface area contributed by atoms with Crippen molar-refractivity contribution in [2.24, 2.45) is 4.99 Å². The molecule has 37 heavy (non-hydrogen) atoms. The van der Waals surface area contributed by atoms with Crippen LogP contribution in [0.25, 0.3) is 6.08 Å². The molecule has 1 aromatic heterocycles. The predicted octanol–water partition coefficient (Wildman–Crippen LogP) is 2.83. The summed E-state index contributed by atoms with van der Waals surface area (Å²) in [5.41, 5.74) is 1.70. The van der Waals surface area contributed by atoms with E-state index in [-0.39, 0.29) is 17.7 Å². The average Bonchev–Trinajstić information content (AvgIpc) is 3.21. The zero-order chi connectivity index (χ0) is 26.7. The first-order valence-electron chi connectivity index (χ1n) is 11.5. The summed E-state index contributed by atoms with van der Waals surface area (Å²) in [6.45, 7) is 3.65. The molecule has 1 atom stereocenters. The summed E-state index contributed by atoms with van der Waals surface area (Å²) >= 11 is 1.22. The SMILES string of the molecule is CCOC(=O)C1=C(C)N=c2s/c(=C\c3cc(OC)ccc3OC)c(=O)n2C1c1ccc(OC)cc1OC. The Hall–Kier alpha value is -4.05. The summed E-state index contributed by atoms with van der Waals surface area (Å²) in [6, 6.07) is 9.78. The molecule has 0 amide bonds. The molecule has 2 aromatic carbocycles. The van der Waals surface area contributed by atoms with Gasteiger partial charge < -0.3 is 23.7 Å². The van der Waals surface area contributed by atoms with Gasteiger partial charge in [0.05, 0.1) is 50.8 Å². The molecular formula is C27H28N2O7S. The molecule has 1 unspecified atom stereocenters. The third kappa shape index (κ3) is 4.84. The molecule has 0 radical (unpaired) electrons. The van der Waals surface area contributed by atoms with Crippen molar-refractivity contribution in [3.63, 3.8) is 0 Å². The third-order valence-electron chi connectivity index (χ3n) is 5.98. The molecule has 0 spiro atoms. The summed E-state index contributed by atoms with van der Waals surface area (Å²) in [4.78, 5) is 32.1. The van der Waals surface area contributed by atoms with Crippen LogP contribution in [0.5, 0.6) is 23.0 Å². The lowest BCUT2D eigenvalue weighted by molar-refractivity contribution is -0.139. The number of hydrogen-bond acceptors (Lipinski definition) is 9. The van der Waals surface area contributed by atoms with Crippen LogP contribution in [0.4, 0.5) is 0 Å². The molecule has 194 valence electrons. The fraction of sp³-hybridized carbons (Fsp3) is 0.296. The first-order valence-corrected chi connectivity index (χ1v) is 12.3. The fourth-order valence-electron chi connectivity index (χ4n) is 4.22. The molecular weight excluding hydrogens is 496 g/mol. The van der Waals surface area contributed by atoms with Crippen LogP contribution in [-0.2, 0) is 9.53 Å². The van der Waals surface area contributed by atoms with Gasteiger partial charge in [-0.15, -0.1) is 0 Å². The Balaban J connectivity index is 2.01. The number of hydrogen-bond donors (Lipinski definition) is 0. The largest absolute Gasteiger partial charge is 0.497 e. The molecule has 9 nitrogen and oxygen atoms in total. The molecule has 0 N–H and O–H groups in total. The fourth-order valence-corrected chi connectivity index (χ4v) is 5.26. The minimum absolute atomic E-state index is 0.183. The number of methoxy groups -OCH3 is 4. The second-order valence-electron chi connectivity index (χ2n) is 8.02. The van der Waals surface area contributed by atoms with E-state index < -0.39 is 12.0 Å². The van der Waals surface area contributed by atoms with Gasteiger partial charge in [0.2, 0.25) is 0 Å². The highest BCUT2D eigenvalue weighted by Crippen LogP contribution is 2.37. The van der Waals surface area contributed by atoms with E-state index in [0.29, 0.717) is 49.2 Å². The van der Waals surface area contributed by atoms with Crippen molar-refractivity contribution in [2.45, 2.75) is 19.9 Å². The van der Waals surface area contributed by atoms with Gasteiger partial charge in [-0.3, -0.25) is 9.36 Å². The van der Waals surface area contributed by atoms with Crippen LogP contribution >= 0.6 is 11.3 Å². The number of ether oxygens (including phenoxy) is 5. The highest BCUT2D eigenvalue weighted by molar-refractivity contribution is 7.07. The molecule has 3 aromatic rings. The Labute approximate surface area is 217 Å². The van der Waals surface area contributed by atoms with Crippen LogP contribution in [0, 0.1) is 0 Å². The topological polar surface area (TPSA) is 97.6 Å². The highest BCUT2D eigenvalue weighted by atomic mass is 32.1. The molecule has 4 rings (SSSR count). The lowest BCUT2D eigenvalue weighted by Gasteiger charge is -2.26. The zero-order valence-corrected chi connectivity index (χ0v) is 22.3. The predicted molar refractivity (Wildman–Crippen MR) is 139 cm³/mol. The van der Waals surface area contributed by atoms with Crippen LogP contribution in [0.1, 0.15) is 31.0 Å². The quantitative estimate of drug-likeness (QED) is 0.418. The van der Waals surface area contributed by atoms with Gasteiger partial charge in [0, 0.05) is 17.2 Å². The second kappa shape index (κ2) is 10.9. The van der Waals surface area contributed by atoms with E-state index in [1.165, 1.54) is 23.0 Å². The van der Waals surface area contributed by atoms with Gasteiger partial charge in [-0.05, 0) is 50.3 Å². The summed E-state index contributed by atoms with van der Waals surface area (Å²) < 4.78 is 29.1. The maximum atomic E-state index is 13.9. The molecule has 1 aliphatic heterocycles. The number of rotatable bonds is 8. The summed E-state index contributed by atoms with van der Waals surface area (Å²) in [7, 11) is 6.21. The maximum absolute atomic E-state index is 13.9. The van der Waals surface area contributed by atoms with Crippen LogP contribution < -0.4 is 33.8 Å². The third-order valence-corrected chi connectivity index (χ3v) is 6.96. The smallest absolute Gasteiger partial charge is 0.338 e. The number of nitrogens with zero attached hydrogens (tertiary/aromatic N) is 2. The Morgan fingerprint density at radius 1 is 1.00 bits per heavy atom. The van der Waals surface area contributed by atoms with Gasteiger partial charge in [0.15, 0.2) is 4.80 Å². The average molecular weight is 525 g/mol. The van der Waals surface area contributed by atoms with E-state index in [2.05, 4.69) is 4.99 Å². The lowest BCUT2D eigenvalue weighted by atomic mass is 9.95. The number of aromatic nitrogens is 1. The van der Waals surface area contributed by atoms with Gasteiger partial charge in [-0.1, -0.05) is 11.3 Å². The number of carbonyl (C=O) groups excluding carboxylic acids is 1. The Morgan fingerprint density at radius 3 is 2.32 bits per heavy atom. The van der Waals surface area contributed by atoms with Gasteiger partial charge in [-0.2, -0.15) is 0 Å². The van der Waals surface area contributed by atoms with Gasteiger partial charge in [0.25, 0.3) is 5.56 Å². The van der Waals surface area contributed by atoms with Crippen LogP contribution in [0.15, 0.2) is 57.5 Å². The van der Waals surface area contributed by atoms with E-state index in [1.54, 1.807) is 77.7 Å². The van der Waals surface area contributed by atoms with Crippen molar-refractivity contribution in [3.05, 3.63) is 78.5 Å². The molecule has 2 heterocycles. The van der Waals surface area contributed by atoms with Crippen LogP contribution in [0.3, 0.4) is 0 Å². The molecule has 0 saturated carbocycles. The number of esters is 1. The number of allylic oxidation sites excluding steroid dienone is 1. The van der Waals surface area contributed by atoms with E-state index in [9.17, 15) is 9.59 Å². The Kier molecular flexibility index (Phi) is 7.68. The van der Waals surface area contributed by atoms with Crippen molar-refractivity contribution in [2.75, 3.05) is 35.0 Å². The van der Waals surface area contributed by atoms with Crippen molar-refractivity contribution in [1.82, 2.24) is 4.57 Å². The normalized spacial score (nSPS) is 15.1. The second-order valence-corrected chi connectivity index (χ2v) is 9.03. The van der Waals surface area contributed by atoms with E-state index in [4.69, 9.17) is 23.7 Å². The molecule has 10 heteroatoms. The molecule has 0 bridgehead atoms. The minimum Gasteiger partial charge on any atom is -0.497 e. The van der Waals surface area contributed by atoms with Gasteiger partial charge >= 0.3 is 5.97 Å². The Bertz CT molecular complexity index is 1550. The van der Waals surface area contributed by atoms with Crippen LogP contribution in [0.2, 0.25) is 0 Å². The monoisotopic (exact) mass is 524 g/mol. The highest BCUT2D eigenvalue weighted by Gasteiger charge is 2.35. The molecule has 0 aliphatic carbocycles. The van der Waals surface area contributed by atoms with Crippen molar-refractivity contribution in [3.8, 4) is 23.0 Å². The van der Waals surface area contributed by atoms with Crippen molar-refractivity contribution in [1.29, 1.82) is 0 Å². The van der Waals surface area contributed by atoms with E-state index >= 15 is 0 Å². The molecule has 0 fully saturated rings. The minimum atomic E-state index is -0.814. The van der Waals surface area contributed by atoms with Crippen molar-refractivity contribution < 1.29 is 28.5 Å².